The van der Waals surface area contributed by atoms with Crippen molar-refractivity contribution < 1.29 is 5.11 Å². The van der Waals surface area contributed by atoms with Gasteiger partial charge in [-0.1, -0.05) is 0 Å². The van der Waals surface area contributed by atoms with Crippen LogP contribution < -0.4 is 5.32 Å². The highest BCUT2D eigenvalue weighted by Gasteiger charge is 2.38. The van der Waals surface area contributed by atoms with E-state index >= 15 is 0 Å². The number of aliphatic hydroxyl groups is 1. The fourth-order valence-corrected chi connectivity index (χ4v) is 4.61. The lowest BCUT2D eigenvalue weighted by Crippen LogP contribution is -2.41. The zero-order valence-electron chi connectivity index (χ0n) is 12.7. The molecule has 5 nitrogen and oxygen atoms in total. The maximum Gasteiger partial charge on any atom is 0.0644 e. The van der Waals surface area contributed by atoms with Crippen LogP contribution in [0.5, 0.6) is 0 Å². The van der Waals surface area contributed by atoms with Crippen molar-refractivity contribution in [3.8, 4) is 0 Å². The Morgan fingerprint density at radius 2 is 2.19 bits per heavy atom. The molecule has 2 fully saturated rings. The van der Waals surface area contributed by atoms with Crippen molar-refractivity contribution in [2.75, 3.05) is 19.7 Å². The molecule has 3 unspecified atom stereocenters. The van der Waals surface area contributed by atoms with Gasteiger partial charge in [-0.15, -0.1) is 0 Å². The van der Waals surface area contributed by atoms with E-state index in [1.54, 1.807) is 0 Å². The minimum absolute atomic E-state index is 0.172. The number of nitrogens with zero attached hydrogens (tertiary/aromatic N) is 3. The van der Waals surface area contributed by atoms with Gasteiger partial charge in [0.15, 0.2) is 0 Å². The van der Waals surface area contributed by atoms with E-state index in [4.69, 9.17) is 5.11 Å². The minimum atomic E-state index is 0.172. The third kappa shape index (κ3) is 2.41. The molecule has 0 amide bonds. The highest BCUT2D eigenvalue weighted by molar-refractivity contribution is 5.25. The van der Waals surface area contributed by atoms with E-state index in [2.05, 4.69) is 15.3 Å². The smallest absolute Gasteiger partial charge is 0.0644 e. The molecule has 0 bridgehead atoms. The fourth-order valence-electron chi connectivity index (χ4n) is 4.61. The summed E-state index contributed by atoms with van der Waals surface area (Å²) in [6, 6.07) is 1.89. The van der Waals surface area contributed by atoms with E-state index in [0.29, 0.717) is 18.6 Å². The molecule has 1 aliphatic carbocycles. The number of hydrogen-bond donors (Lipinski definition) is 2. The molecule has 116 valence electrons. The van der Waals surface area contributed by atoms with Crippen molar-refractivity contribution in [1.29, 1.82) is 0 Å². The summed E-state index contributed by atoms with van der Waals surface area (Å²) >= 11 is 0. The van der Waals surface area contributed by atoms with Crippen LogP contribution in [-0.2, 0) is 13.0 Å². The third-order valence-electron chi connectivity index (χ3n) is 5.60. The van der Waals surface area contributed by atoms with Crippen LogP contribution in [0.1, 0.15) is 49.4 Å². The predicted molar refractivity (Wildman–Crippen MR) is 81.1 cm³/mol. The highest BCUT2D eigenvalue weighted by atomic mass is 16.3. The number of aliphatic hydroxyl groups excluding tert-OH is 1. The summed E-state index contributed by atoms with van der Waals surface area (Å²) in [6.07, 6.45) is 9.61. The second kappa shape index (κ2) is 5.71. The molecule has 0 spiro atoms. The van der Waals surface area contributed by atoms with Crippen LogP contribution in [0.25, 0.3) is 0 Å². The van der Waals surface area contributed by atoms with Gasteiger partial charge in [0.05, 0.1) is 19.3 Å². The second-order valence-corrected chi connectivity index (χ2v) is 6.75. The Morgan fingerprint density at radius 3 is 3.10 bits per heavy atom. The molecule has 2 saturated heterocycles. The summed E-state index contributed by atoms with van der Waals surface area (Å²) < 4.78 is 2.00. The van der Waals surface area contributed by atoms with Crippen molar-refractivity contribution in [2.24, 2.45) is 0 Å². The van der Waals surface area contributed by atoms with Gasteiger partial charge in [0.1, 0.15) is 0 Å². The SMILES string of the molecule is OCCn1ncc2c1CCCC2NC1CCN2CCCC12. The summed E-state index contributed by atoms with van der Waals surface area (Å²) in [6.45, 7) is 3.37. The van der Waals surface area contributed by atoms with Crippen LogP contribution in [0.2, 0.25) is 0 Å². The van der Waals surface area contributed by atoms with Crippen LogP contribution in [0.15, 0.2) is 6.20 Å². The van der Waals surface area contributed by atoms with Gasteiger partial charge in [-0.2, -0.15) is 5.10 Å². The lowest BCUT2D eigenvalue weighted by Gasteiger charge is -2.30. The highest BCUT2D eigenvalue weighted by Crippen LogP contribution is 2.34. The van der Waals surface area contributed by atoms with Gasteiger partial charge in [-0.05, 0) is 45.1 Å². The Hall–Kier alpha value is -0.910. The molecule has 21 heavy (non-hydrogen) atoms. The molecule has 3 atom stereocenters. The minimum Gasteiger partial charge on any atom is -0.394 e. The van der Waals surface area contributed by atoms with Crippen LogP contribution in [0, 0.1) is 0 Å². The Kier molecular flexibility index (Phi) is 3.73. The average molecular weight is 290 g/mol. The first kappa shape index (κ1) is 13.7. The van der Waals surface area contributed by atoms with Crippen LogP contribution in [0.4, 0.5) is 0 Å². The van der Waals surface area contributed by atoms with Gasteiger partial charge in [0, 0.05) is 35.9 Å². The van der Waals surface area contributed by atoms with Crippen molar-refractivity contribution >= 4 is 0 Å². The van der Waals surface area contributed by atoms with Gasteiger partial charge in [-0.25, -0.2) is 0 Å². The topological polar surface area (TPSA) is 53.3 Å². The molecule has 0 aromatic carbocycles. The predicted octanol–water partition coefficient (Wildman–Crippen LogP) is 1.08. The van der Waals surface area contributed by atoms with E-state index in [1.807, 2.05) is 10.9 Å². The summed E-state index contributed by atoms with van der Waals surface area (Å²) in [4.78, 5) is 2.66. The van der Waals surface area contributed by atoms with E-state index in [1.165, 1.54) is 56.5 Å². The number of nitrogens with one attached hydrogen (secondary N) is 1. The Labute approximate surface area is 126 Å². The summed E-state index contributed by atoms with van der Waals surface area (Å²) in [5, 5.41) is 17.6. The fraction of sp³-hybridized carbons (Fsp3) is 0.812. The number of hydrogen-bond acceptors (Lipinski definition) is 4. The van der Waals surface area contributed by atoms with Gasteiger partial charge in [-0.3, -0.25) is 9.58 Å². The largest absolute Gasteiger partial charge is 0.394 e. The molecule has 0 saturated carbocycles. The van der Waals surface area contributed by atoms with Crippen molar-refractivity contribution in [3.63, 3.8) is 0 Å². The van der Waals surface area contributed by atoms with E-state index < -0.39 is 0 Å². The molecule has 2 N–H and O–H groups in total. The van der Waals surface area contributed by atoms with Gasteiger partial charge < -0.3 is 10.4 Å². The first-order valence-electron chi connectivity index (χ1n) is 8.52. The number of fused-ring (bicyclic) bond motifs is 2. The second-order valence-electron chi connectivity index (χ2n) is 6.75. The Bertz CT molecular complexity index is 500. The summed E-state index contributed by atoms with van der Waals surface area (Å²) in [7, 11) is 0. The summed E-state index contributed by atoms with van der Waals surface area (Å²) in [5.41, 5.74) is 2.72. The maximum atomic E-state index is 9.16. The van der Waals surface area contributed by atoms with Crippen molar-refractivity contribution in [3.05, 3.63) is 17.5 Å². The zero-order chi connectivity index (χ0) is 14.2. The van der Waals surface area contributed by atoms with E-state index in [-0.39, 0.29) is 6.61 Å². The molecule has 4 rings (SSSR count). The lowest BCUT2D eigenvalue weighted by molar-refractivity contribution is 0.264. The molecule has 2 aliphatic heterocycles. The number of aromatic nitrogens is 2. The quantitative estimate of drug-likeness (QED) is 0.871. The normalized spacial score (nSPS) is 32.3. The molecule has 3 heterocycles. The molecular weight excluding hydrogens is 264 g/mol. The Morgan fingerprint density at radius 1 is 1.24 bits per heavy atom. The first-order valence-corrected chi connectivity index (χ1v) is 8.52. The number of rotatable bonds is 4. The maximum absolute atomic E-state index is 9.16. The van der Waals surface area contributed by atoms with E-state index in [9.17, 15) is 0 Å². The molecular formula is C16H26N4O. The molecule has 1 aromatic heterocycles. The monoisotopic (exact) mass is 290 g/mol. The van der Waals surface area contributed by atoms with E-state index in [0.717, 1.165) is 12.5 Å². The van der Waals surface area contributed by atoms with Crippen LogP contribution >= 0.6 is 0 Å². The summed E-state index contributed by atoms with van der Waals surface area (Å²) in [5.74, 6) is 0. The van der Waals surface area contributed by atoms with Gasteiger partial charge in [0.25, 0.3) is 0 Å². The van der Waals surface area contributed by atoms with Crippen molar-refractivity contribution in [2.45, 2.75) is 63.2 Å². The lowest BCUT2D eigenvalue weighted by atomic mass is 9.91. The molecule has 5 heteroatoms. The molecule has 3 aliphatic rings. The first-order chi connectivity index (χ1) is 10.4. The zero-order valence-corrected chi connectivity index (χ0v) is 12.7. The van der Waals surface area contributed by atoms with Crippen LogP contribution in [0.3, 0.4) is 0 Å². The average Bonchev–Trinajstić information content (AvgIpc) is 3.17. The van der Waals surface area contributed by atoms with Gasteiger partial charge in [0.2, 0.25) is 0 Å². The standard InChI is InChI=1S/C16H26N4O/c21-10-9-20-15-4-1-3-13(12(15)11-17-20)18-14-6-8-19-7-2-5-16(14)19/h11,13-14,16,18,21H,1-10H2. The molecule has 1 aromatic rings. The molecule has 0 radical (unpaired) electrons. The van der Waals surface area contributed by atoms with Crippen molar-refractivity contribution in [1.82, 2.24) is 20.0 Å². The third-order valence-corrected chi connectivity index (χ3v) is 5.60. The Balaban J connectivity index is 1.50. The van der Waals surface area contributed by atoms with Crippen LogP contribution in [-0.4, -0.2) is 51.6 Å². The van der Waals surface area contributed by atoms with Gasteiger partial charge >= 0.3 is 0 Å².